The van der Waals surface area contributed by atoms with Crippen LogP contribution in [0.5, 0.6) is 5.75 Å². The molecule has 2 aliphatic rings. The highest BCUT2D eigenvalue weighted by Crippen LogP contribution is 2.44. The SMILES string of the molecule is CC[C@H]1SC2=NC(C)=C(C(=O)OCCOC)[C@@H](c3cccc(OC)c3)N2C1=O. The Morgan fingerprint density at radius 1 is 1.29 bits per heavy atom. The van der Waals surface area contributed by atoms with Crippen molar-refractivity contribution in [3.8, 4) is 5.75 Å². The van der Waals surface area contributed by atoms with Crippen molar-refractivity contribution in [2.45, 2.75) is 31.6 Å². The number of fused-ring (bicyclic) bond motifs is 1. The maximum absolute atomic E-state index is 13.0. The summed E-state index contributed by atoms with van der Waals surface area (Å²) in [6.45, 7) is 4.17. The van der Waals surface area contributed by atoms with Gasteiger partial charge in [-0.3, -0.25) is 9.69 Å². The molecule has 7 nitrogen and oxygen atoms in total. The third-order valence-electron chi connectivity index (χ3n) is 4.67. The van der Waals surface area contributed by atoms with Gasteiger partial charge < -0.3 is 14.2 Å². The molecule has 0 N–H and O–H groups in total. The summed E-state index contributed by atoms with van der Waals surface area (Å²) in [6.07, 6.45) is 0.691. The van der Waals surface area contributed by atoms with Gasteiger partial charge in [0.1, 0.15) is 12.4 Å². The van der Waals surface area contributed by atoms with Crippen molar-refractivity contribution in [3.63, 3.8) is 0 Å². The van der Waals surface area contributed by atoms with E-state index in [4.69, 9.17) is 14.2 Å². The Morgan fingerprint density at radius 3 is 2.75 bits per heavy atom. The average molecular weight is 404 g/mol. The van der Waals surface area contributed by atoms with Crippen LogP contribution in [0.3, 0.4) is 0 Å². The molecule has 8 heteroatoms. The molecule has 0 saturated carbocycles. The Bertz CT molecular complexity index is 836. The topological polar surface area (TPSA) is 77.4 Å². The molecule has 0 aromatic heterocycles. The minimum atomic E-state index is -0.603. The largest absolute Gasteiger partial charge is 0.497 e. The van der Waals surface area contributed by atoms with E-state index in [1.165, 1.54) is 11.8 Å². The second kappa shape index (κ2) is 8.79. The number of hydrogen-bond acceptors (Lipinski definition) is 7. The molecular formula is C20H24N2O5S. The number of esters is 1. The summed E-state index contributed by atoms with van der Waals surface area (Å²) in [5, 5.41) is 0.416. The monoisotopic (exact) mass is 404 g/mol. The Morgan fingerprint density at radius 2 is 2.07 bits per heavy atom. The molecule has 150 valence electrons. The van der Waals surface area contributed by atoms with Crippen molar-refractivity contribution in [1.82, 2.24) is 4.90 Å². The second-order valence-electron chi connectivity index (χ2n) is 6.42. The van der Waals surface area contributed by atoms with Gasteiger partial charge in [0.05, 0.1) is 36.3 Å². The fraction of sp³-hybridized carbons (Fsp3) is 0.450. The van der Waals surface area contributed by atoms with E-state index in [-0.39, 0.29) is 17.8 Å². The van der Waals surface area contributed by atoms with Crippen LogP contribution in [0.4, 0.5) is 0 Å². The maximum Gasteiger partial charge on any atom is 0.338 e. The van der Waals surface area contributed by atoms with Crippen LogP contribution < -0.4 is 4.74 Å². The van der Waals surface area contributed by atoms with Crippen LogP contribution in [0.1, 0.15) is 31.9 Å². The van der Waals surface area contributed by atoms with E-state index >= 15 is 0 Å². The predicted octanol–water partition coefficient (Wildman–Crippen LogP) is 2.92. The summed E-state index contributed by atoms with van der Waals surface area (Å²) < 4.78 is 15.7. The summed E-state index contributed by atoms with van der Waals surface area (Å²) in [5.41, 5.74) is 1.69. The first-order valence-corrected chi connectivity index (χ1v) is 9.99. The Labute approximate surface area is 168 Å². The lowest BCUT2D eigenvalue weighted by Gasteiger charge is -2.33. The first kappa shape index (κ1) is 20.4. The number of benzene rings is 1. The molecule has 0 aliphatic carbocycles. The Kier molecular flexibility index (Phi) is 6.41. The van der Waals surface area contributed by atoms with Gasteiger partial charge in [0, 0.05) is 7.11 Å². The van der Waals surface area contributed by atoms with E-state index < -0.39 is 12.0 Å². The predicted molar refractivity (Wildman–Crippen MR) is 107 cm³/mol. The number of nitrogens with zero attached hydrogens (tertiary/aromatic N) is 2. The number of carbonyl (C=O) groups excluding carboxylic acids is 2. The number of aliphatic imine (C=N–C) groups is 1. The summed E-state index contributed by atoms with van der Waals surface area (Å²) in [4.78, 5) is 32.1. The number of methoxy groups -OCH3 is 2. The molecule has 1 aromatic carbocycles. The van der Waals surface area contributed by atoms with Crippen molar-refractivity contribution in [3.05, 3.63) is 41.1 Å². The summed E-state index contributed by atoms with van der Waals surface area (Å²) in [5.74, 6) is 0.106. The summed E-state index contributed by atoms with van der Waals surface area (Å²) in [6, 6.07) is 6.77. The molecule has 2 aliphatic heterocycles. The average Bonchev–Trinajstić information content (AvgIpc) is 3.02. The van der Waals surface area contributed by atoms with E-state index in [0.717, 1.165) is 5.56 Å². The van der Waals surface area contributed by atoms with E-state index in [0.29, 0.717) is 35.2 Å². The number of amides is 1. The van der Waals surface area contributed by atoms with Gasteiger partial charge in [-0.2, -0.15) is 0 Å². The zero-order valence-corrected chi connectivity index (χ0v) is 17.2. The number of rotatable bonds is 7. The third kappa shape index (κ3) is 3.79. The van der Waals surface area contributed by atoms with Crippen LogP contribution in [-0.4, -0.2) is 54.6 Å². The molecule has 1 fully saturated rings. The van der Waals surface area contributed by atoms with Gasteiger partial charge in [-0.1, -0.05) is 30.8 Å². The molecule has 0 unspecified atom stereocenters. The van der Waals surface area contributed by atoms with Gasteiger partial charge in [0.15, 0.2) is 5.17 Å². The van der Waals surface area contributed by atoms with Crippen molar-refractivity contribution < 1.29 is 23.8 Å². The molecule has 1 aromatic rings. The van der Waals surface area contributed by atoms with Crippen molar-refractivity contribution >= 4 is 28.8 Å². The second-order valence-corrected chi connectivity index (χ2v) is 7.59. The van der Waals surface area contributed by atoms with Gasteiger partial charge in [-0.25, -0.2) is 9.79 Å². The number of carbonyl (C=O) groups is 2. The number of thioether (sulfide) groups is 1. The van der Waals surface area contributed by atoms with Gasteiger partial charge in [0.25, 0.3) is 0 Å². The van der Waals surface area contributed by atoms with Crippen LogP contribution >= 0.6 is 11.8 Å². The number of ether oxygens (including phenoxy) is 3. The summed E-state index contributed by atoms with van der Waals surface area (Å²) >= 11 is 1.44. The van der Waals surface area contributed by atoms with Crippen molar-refractivity contribution in [2.24, 2.45) is 4.99 Å². The quantitative estimate of drug-likeness (QED) is 0.514. The van der Waals surface area contributed by atoms with Gasteiger partial charge >= 0.3 is 5.97 Å². The zero-order chi connectivity index (χ0) is 20.3. The van der Waals surface area contributed by atoms with Crippen LogP contribution in [0.25, 0.3) is 0 Å². The highest BCUT2D eigenvalue weighted by Gasteiger charge is 2.47. The minimum Gasteiger partial charge on any atom is -0.497 e. The normalized spacial score (nSPS) is 21.5. The molecule has 0 bridgehead atoms. The Hall–Kier alpha value is -2.32. The van der Waals surface area contributed by atoms with E-state index in [1.54, 1.807) is 26.0 Å². The highest BCUT2D eigenvalue weighted by molar-refractivity contribution is 8.15. The van der Waals surface area contributed by atoms with Gasteiger partial charge in [-0.05, 0) is 31.0 Å². The number of allylic oxidation sites excluding steroid dienone is 1. The summed E-state index contributed by atoms with van der Waals surface area (Å²) in [7, 11) is 3.12. The molecule has 3 rings (SSSR count). The smallest absolute Gasteiger partial charge is 0.338 e. The first-order chi connectivity index (χ1) is 13.5. The number of hydrogen-bond donors (Lipinski definition) is 0. The van der Waals surface area contributed by atoms with E-state index in [2.05, 4.69) is 4.99 Å². The van der Waals surface area contributed by atoms with Crippen LogP contribution in [0.2, 0.25) is 0 Å². The Balaban J connectivity index is 2.06. The lowest BCUT2D eigenvalue weighted by atomic mass is 9.94. The van der Waals surface area contributed by atoms with Crippen molar-refractivity contribution in [1.29, 1.82) is 0 Å². The molecule has 2 atom stereocenters. The molecular weight excluding hydrogens is 380 g/mol. The van der Waals surface area contributed by atoms with Crippen LogP contribution in [0.15, 0.2) is 40.5 Å². The lowest BCUT2D eigenvalue weighted by Crippen LogP contribution is -2.40. The highest BCUT2D eigenvalue weighted by atomic mass is 32.2. The first-order valence-electron chi connectivity index (χ1n) is 9.11. The zero-order valence-electron chi connectivity index (χ0n) is 16.4. The minimum absolute atomic E-state index is 0.0474. The van der Waals surface area contributed by atoms with E-state index in [1.807, 2.05) is 31.2 Å². The van der Waals surface area contributed by atoms with Crippen LogP contribution in [-0.2, 0) is 19.1 Å². The van der Waals surface area contributed by atoms with Crippen LogP contribution in [0, 0.1) is 0 Å². The lowest BCUT2D eigenvalue weighted by molar-refractivity contribution is -0.141. The van der Waals surface area contributed by atoms with Gasteiger partial charge in [-0.15, -0.1) is 0 Å². The fourth-order valence-electron chi connectivity index (χ4n) is 3.27. The maximum atomic E-state index is 13.0. The molecule has 2 heterocycles. The standard InChI is InChI=1S/C20H24N2O5S/c1-5-15-18(23)22-17(13-7-6-8-14(11-13)26-4)16(12(2)21-20(22)28-15)19(24)27-10-9-25-3/h6-8,11,15,17H,5,9-10H2,1-4H3/t15-,17-/m1/s1. The fourth-order valence-corrected chi connectivity index (χ4v) is 4.41. The van der Waals surface area contributed by atoms with Gasteiger partial charge in [0.2, 0.25) is 5.91 Å². The third-order valence-corrected chi connectivity index (χ3v) is 5.99. The molecule has 0 radical (unpaired) electrons. The van der Waals surface area contributed by atoms with Crippen molar-refractivity contribution in [2.75, 3.05) is 27.4 Å². The molecule has 28 heavy (non-hydrogen) atoms. The van der Waals surface area contributed by atoms with E-state index in [9.17, 15) is 9.59 Å². The number of amidine groups is 1. The molecule has 0 spiro atoms. The molecule has 1 saturated heterocycles. The molecule has 1 amide bonds.